The Morgan fingerprint density at radius 2 is 1.00 bits per heavy atom. The highest BCUT2D eigenvalue weighted by Gasteiger charge is 2.46. The van der Waals surface area contributed by atoms with E-state index in [-0.39, 0.29) is 11.1 Å². The second kappa shape index (κ2) is 8.78. The molecule has 5 rings (SSSR count). The van der Waals surface area contributed by atoms with Crippen LogP contribution in [0, 0.1) is 13.8 Å². The average molecular weight is 499 g/mol. The van der Waals surface area contributed by atoms with Crippen molar-refractivity contribution in [2.45, 2.75) is 32.4 Å². The predicted octanol–water partition coefficient (Wildman–Crippen LogP) is 6.35. The monoisotopic (exact) mass is 498 g/mol. The van der Waals surface area contributed by atoms with Crippen molar-refractivity contribution in [3.05, 3.63) is 82.1 Å². The minimum Gasteiger partial charge on any atom is -0.240 e. The van der Waals surface area contributed by atoms with Gasteiger partial charge >= 0.3 is 0 Å². The normalized spacial score (nSPS) is 20.4. The third kappa shape index (κ3) is 3.91. The largest absolute Gasteiger partial charge is 0.240 e. The SMILES string of the molecule is Cc1sc(-c2cc[n+](C)cc2)cc1C1=C(c2cc(-c3cc[n+](C)cc3)sc2C)C(F)C(F)C1F. The number of aromatic nitrogens is 2. The van der Waals surface area contributed by atoms with Gasteiger partial charge in [-0.15, -0.1) is 22.7 Å². The van der Waals surface area contributed by atoms with Crippen molar-refractivity contribution in [1.29, 1.82) is 0 Å². The van der Waals surface area contributed by atoms with Crippen LogP contribution in [0.3, 0.4) is 0 Å². The summed E-state index contributed by atoms with van der Waals surface area (Å²) in [6.07, 6.45) is 1.56. The van der Waals surface area contributed by atoms with Crippen LogP contribution in [0.15, 0.2) is 61.2 Å². The lowest BCUT2D eigenvalue weighted by Crippen LogP contribution is -2.25. The number of hydrogen-bond acceptors (Lipinski definition) is 2. The van der Waals surface area contributed by atoms with Crippen LogP contribution in [0.2, 0.25) is 0 Å². The Balaban J connectivity index is 1.65. The van der Waals surface area contributed by atoms with Crippen LogP contribution < -0.4 is 9.13 Å². The zero-order valence-corrected chi connectivity index (χ0v) is 21.0. The lowest BCUT2D eigenvalue weighted by Gasteiger charge is -2.10. The molecule has 174 valence electrons. The molecule has 34 heavy (non-hydrogen) atoms. The topological polar surface area (TPSA) is 7.76 Å². The summed E-state index contributed by atoms with van der Waals surface area (Å²) in [5.41, 5.74) is 3.47. The fourth-order valence-electron chi connectivity index (χ4n) is 4.47. The summed E-state index contributed by atoms with van der Waals surface area (Å²) < 4.78 is 49.3. The summed E-state index contributed by atoms with van der Waals surface area (Å²) >= 11 is 3.03. The van der Waals surface area contributed by atoms with E-state index >= 15 is 8.78 Å². The third-order valence-corrected chi connectivity index (χ3v) is 8.54. The molecular formula is C27H25F3N2S2+2. The van der Waals surface area contributed by atoms with Crippen molar-refractivity contribution >= 4 is 33.8 Å². The fraction of sp³-hybridized carbons (Fsp3) is 0.259. The van der Waals surface area contributed by atoms with Crippen LogP contribution in [0.25, 0.3) is 32.0 Å². The lowest BCUT2D eigenvalue weighted by molar-refractivity contribution is -0.671. The van der Waals surface area contributed by atoms with Crippen LogP contribution in [-0.4, -0.2) is 18.5 Å². The van der Waals surface area contributed by atoms with Gasteiger partial charge in [0, 0.05) is 66.0 Å². The number of pyridine rings is 2. The third-order valence-electron chi connectivity index (χ3n) is 6.34. The van der Waals surface area contributed by atoms with E-state index in [0.29, 0.717) is 11.1 Å². The van der Waals surface area contributed by atoms with Crippen LogP contribution in [0.4, 0.5) is 13.2 Å². The molecule has 0 spiro atoms. The van der Waals surface area contributed by atoms with Crippen molar-refractivity contribution < 1.29 is 22.3 Å². The van der Waals surface area contributed by atoms with Gasteiger partial charge in [-0.25, -0.2) is 22.3 Å². The van der Waals surface area contributed by atoms with Gasteiger partial charge in [0.2, 0.25) is 0 Å². The van der Waals surface area contributed by atoms with Crippen molar-refractivity contribution in [3.63, 3.8) is 0 Å². The molecule has 0 amide bonds. The second-order valence-electron chi connectivity index (χ2n) is 8.74. The molecular weight excluding hydrogens is 473 g/mol. The minimum absolute atomic E-state index is 0.147. The van der Waals surface area contributed by atoms with Gasteiger partial charge in [0.05, 0.1) is 0 Å². The van der Waals surface area contributed by atoms with Crippen LogP contribution in [0.1, 0.15) is 20.9 Å². The Morgan fingerprint density at radius 1 is 0.647 bits per heavy atom. The summed E-state index contributed by atoms with van der Waals surface area (Å²) in [7, 11) is 3.88. The van der Waals surface area contributed by atoms with Gasteiger partial charge in [0.1, 0.15) is 14.1 Å². The highest BCUT2D eigenvalue weighted by atomic mass is 32.1. The molecule has 0 radical (unpaired) electrons. The van der Waals surface area contributed by atoms with Gasteiger partial charge in [-0.3, -0.25) is 0 Å². The van der Waals surface area contributed by atoms with Crippen molar-refractivity contribution in [3.8, 4) is 20.9 Å². The standard InChI is InChI=1S/C27H25F3N2S2/c1-15-19(13-21(33-15)17-5-9-31(3)10-6-17)23-24(26(29)27(30)25(23)28)20-14-22(34-16(20)2)18-7-11-32(4)12-8-18/h5-14,25-27H,1-4H3/q+2. The Bertz CT molecular complexity index is 1280. The van der Waals surface area contributed by atoms with Crippen LogP contribution in [-0.2, 0) is 14.1 Å². The van der Waals surface area contributed by atoms with Gasteiger partial charge in [-0.2, -0.15) is 0 Å². The second-order valence-corrected chi connectivity index (χ2v) is 11.3. The number of rotatable bonds is 4. The summed E-state index contributed by atoms with van der Waals surface area (Å²) in [6, 6.07) is 11.7. The van der Waals surface area contributed by atoms with Gasteiger partial charge in [-0.1, -0.05) is 0 Å². The molecule has 2 unspecified atom stereocenters. The maximum Gasteiger partial charge on any atom is 0.171 e. The maximum atomic E-state index is 15.3. The Kier molecular flexibility index (Phi) is 5.94. The molecule has 1 aliphatic carbocycles. The number of thiophene rings is 2. The Labute approximate surface area is 205 Å². The van der Waals surface area contributed by atoms with Gasteiger partial charge < -0.3 is 0 Å². The predicted molar refractivity (Wildman–Crippen MR) is 133 cm³/mol. The molecule has 1 aliphatic rings. The van der Waals surface area contributed by atoms with Crippen LogP contribution in [0.5, 0.6) is 0 Å². The van der Waals surface area contributed by atoms with E-state index in [1.165, 1.54) is 22.7 Å². The molecule has 0 aromatic carbocycles. The van der Waals surface area contributed by atoms with Crippen molar-refractivity contribution in [2.24, 2.45) is 14.1 Å². The molecule has 0 saturated carbocycles. The van der Waals surface area contributed by atoms with Gasteiger partial charge in [0.25, 0.3) is 0 Å². The maximum absolute atomic E-state index is 15.3. The van der Waals surface area contributed by atoms with E-state index in [4.69, 9.17) is 0 Å². The molecule has 2 nitrogen and oxygen atoms in total. The van der Waals surface area contributed by atoms with E-state index < -0.39 is 18.5 Å². The Hall–Kier alpha value is -2.77. The molecule has 7 heteroatoms. The first-order valence-corrected chi connectivity index (χ1v) is 12.7. The molecule has 4 aromatic heterocycles. The summed E-state index contributed by atoms with van der Waals surface area (Å²) in [5.74, 6) is 0. The number of halogens is 3. The fourth-order valence-corrected chi connectivity index (χ4v) is 6.54. The average Bonchev–Trinajstić information content (AvgIpc) is 3.45. The molecule has 0 aliphatic heterocycles. The number of allylic oxidation sites excluding steroid dienone is 2. The molecule has 0 N–H and O–H groups in total. The molecule has 4 heterocycles. The van der Waals surface area contributed by atoms with Crippen molar-refractivity contribution in [2.75, 3.05) is 0 Å². The molecule has 4 aromatic rings. The highest BCUT2D eigenvalue weighted by molar-refractivity contribution is 7.16. The van der Waals surface area contributed by atoms with E-state index in [1.54, 1.807) is 0 Å². The van der Waals surface area contributed by atoms with E-state index in [1.807, 2.05) is 98.3 Å². The number of hydrogen-bond donors (Lipinski definition) is 0. The number of aryl methyl sites for hydroxylation is 4. The molecule has 2 atom stereocenters. The first-order chi connectivity index (χ1) is 16.2. The zero-order chi connectivity index (χ0) is 24.1. The first-order valence-electron chi connectivity index (χ1n) is 11.0. The van der Waals surface area contributed by atoms with E-state index in [9.17, 15) is 4.39 Å². The molecule has 0 saturated heterocycles. The first kappa shape index (κ1) is 23.0. The molecule has 0 fully saturated rings. The van der Waals surface area contributed by atoms with E-state index in [2.05, 4.69) is 0 Å². The Morgan fingerprint density at radius 3 is 1.35 bits per heavy atom. The quantitative estimate of drug-likeness (QED) is 0.290. The lowest BCUT2D eigenvalue weighted by atomic mass is 9.96. The zero-order valence-electron chi connectivity index (χ0n) is 19.4. The van der Waals surface area contributed by atoms with E-state index in [0.717, 1.165) is 30.6 Å². The number of alkyl halides is 3. The van der Waals surface area contributed by atoms with Crippen LogP contribution >= 0.6 is 22.7 Å². The van der Waals surface area contributed by atoms with Gasteiger partial charge in [0.15, 0.2) is 43.3 Å². The summed E-state index contributed by atoms with van der Waals surface area (Å²) in [6.45, 7) is 3.77. The molecule has 0 bridgehead atoms. The van der Waals surface area contributed by atoms with Gasteiger partial charge in [-0.05, 0) is 37.1 Å². The number of nitrogens with zero attached hydrogens (tertiary/aromatic N) is 2. The highest BCUT2D eigenvalue weighted by Crippen LogP contribution is 2.50. The minimum atomic E-state index is -2.21. The van der Waals surface area contributed by atoms with Crippen molar-refractivity contribution in [1.82, 2.24) is 0 Å². The summed E-state index contributed by atoms with van der Waals surface area (Å²) in [4.78, 5) is 3.60. The smallest absolute Gasteiger partial charge is 0.171 e. The summed E-state index contributed by atoms with van der Waals surface area (Å²) in [5, 5.41) is 0.